The lowest BCUT2D eigenvalue weighted by Crippen LogP contribution is -2.11. The first kappa shape index (κ1) is 33.3. The molecule has 280 valence electrons. The molecule has 0 aliphatic rings. The highest BCUT2D eigenvalue weighted by atomic mass is 32.1. The Morgan fingerprint density at radius 1 is 0.400 bits per heavy atom. The molecule has 0 spiro atoms. The summed E-state index contributed by atoms with van der Waals surface area (Å²) in [4.78, 5) is 2.51. The summed E-state index contributed by atoms with van der Waals surface area (Å²) >= 11 is 1.85. The van der Waals surface area contributed by atoms with Crippen molar-refractivity contribution in [2.45, 2.75) is 0 Å². The molecule has 0 fully saturated rings. The Labute approximate surface area is 349 Å². The fourth-order valence-electron chi connectivity index (χ4n) is 9.79. The van der Waals surface area contributed by atoms with Gasteiger partial charge in [0.2, 0.25) is 0 Å². The van der Waals surface area contributed by atoms with Gasteiger partial charge in [-0.25, -0.2) is 0 Å². The molecule has 0 saturated heterocycles. The van der Waals surface area contributed by atoms with Crippen LogP contribution in [0, 0.1) is 0 Å². The summed E-state index contributed by atoms with van der Waals surface area (Å²) in [5.74, 6) is 0. The van der Waals surface area contributed by atoms with E-state index in [-0.39, 0.29) is 0 Å². The van der Waals surface area contributed by atoms with Crippen molar-refractivity contribution in [3.05, 3.63) is 206 Å². The number of para-hydroxylation sites is 3. The van der Waals surface area contributed by atoms with Gasteiger partial charge in [0, 0.05) is 53.0 Å². The van der Waals surface area contributed by atoms with Crippen LogP contribution in [-0.2, 0) is 0 Å². The second kappa shape index (κ2) is 12.9. The lowest BCUT2D eigenvalue weighted by Gasteiger charge is -2.29. The van der Waals surface area contributed by atoms with Crippen LogP contribution in [0.25, 0.3) is 102 Å². The van der Waals surface area contributed by atoms with E-state index in [1.807, 2.05) is 11.3 Å². The van der Waals surface area contributed by atoms with Gasteiger partial charge in [0.05, 0.1) is 33.5 Å². The Morgan fingerprint density at radius 2 is 1.02 bits per heavy atom. The van der Waals surface area contributed by atoms with Crippen molar-refractivity contribution in [3.63, 3.8) is 0 Å². The van der Waals surface area contributed by atoms with Crippen LogP contribution in [-0.4, -0.2) is 4.57 Å². The third-order valence-electron chi connectivity index (χ3n) is 12.3. The van der Waals surface area contributed by atoms with E-state index in [2.05, 4.69) is 216 Å². The van der Waals surface area contributed by atoms with Crippen LogP contribution >= 0.6 is 11.3 Å². The smallest absolute Gasteiger partial charge is 0.145 e. The Balaban J connectivity index is 1.12. The maximum absolute atomic E-state index is 7.04. The number of benzene rings is 10. The molecule has 13 rings (SSSR count). The topological polar surface area (TPSA) is 21.3 Å². The first-order valence-electron chi connectivity index (χ1n) is 20.4. The largest absolute Gasteiger partial charge is 0.455 e. The number of hydrogen-bond acceptors (Lipinski definition) is 3. The minimum absolute atomic E-state index is 0.863. The van der Waals surface area contributed by atoms with E-state index in [0.29, 0.717) is 0 Å². The Hall–Kier alpha value is -7.66. The number of fused-ring (bicyclic) bond motifs is 12. The van der Waals surface area contributed by atoms with E-state index in [1.54, 1.807) is 0 Å². The molecule has 4 heteroatoms. The number of furan rings is 1. The number of thiophene rings is 1. The Morgan fingerprint density at radius 3 is 1.83 bits per heavy atom. The molecule has 0 amide bonds. The van der Waals surface area contributed by atoms with E-state index >= 15 is 0 Å². The second-order valence-corrected chi connectivity index (χ2v) is 16.7. The van der Waals surface area contributed by atoms with Crippen LogP contribution in [0.15, 0.2) is 211 Å². The SMILES string of the molecule is c1cc(-c2ccc(N(c3cc4ccccc4c4ccccc34)c3cccc4sc5ccccc5c34)c3c2oc2ccccc23)cc(-n2c3ccccc3c3ccccc32)c1. The molecule has 0 N–H and O–H groups in total. The average Bonchev–Trinajstić information content (AvgIpc) is 4.00. The van der Waals surface area contributed by atoms with Crippen molar-refractivity contribution in [3.8, 4) is 16.8 Å². The summed E-state index contributed by atoms with van der Waals surface area (Å²) in [6, 6.07) is 74.9. The lowest BCUT2D eigenvalue weighted by atomic mass is 9.96. The summed E-state index contributed by atoms with van der Waals surface area (Å²) in [6.45, 7) is 0. The van der Waals surface area contributed by atoms with Crippen LogP contribution in [0.2, 0.25) is 0 Å². The number of nitrogens with zero attached hydrogens (tertiary/aromatic N) is 2. The molecule has 0 atom stereocenters. The van der Waals surface area contributed by atoms with E-state index in [9.17, 15) is 0 Å². The van der Waals surface area contributed by atoms with Gasteiger partial charge < -0.3 is 13.9 Å². The predicted molar refractivity (Wildman–Crippen MR) is 256 cm³/mol. The third-order valence-corrected chi connectivity index (χ3v) is 13.5. The van der Waals surface area contributed by atoms with Crippen LogP contribution in [0.5, 0.6) is 0 Å². The summed E-state index contributed by atoms with van der Waals surface area (Å²) in [7, 11) is 0. The minimum atomic E-state index is 0.863. The minimum Gasteiger partial charge on any atom is -0.455 e. The van der Waals surface area contributed by atoms with Gasteiger partial charge in [0.25, 0.3) is 0 Å². The Bertz CT molecular complexity index is 3810. The summed E-state index contributed by atoms with van der Waals surface area (Å²) in [5.41, 5.74) is 10.7. The zero-order chi connectivity index (χ0) is 39.3. The third kappa shape index (κ3) is 4.83. The lowest BCUT2D eigenvalue weighted by molar-refractivity contribution is 0.670. The van der Waals surface area contributed by atoms with Crippen molar-refractivity contribution >= 4 is 114 Å². The number of rotatable bonds is 5. The molecule has 0 radical (unpaired) electrons. The molecule has 13 aromatic rings. The van der Waals surface area contributed by atoms with Crippen LogP contribution in [0.3, 0.4) is 0 Å². The molecule has 0 bridgehead atoms. The molecule has 3 heterocycles. The van der Waals surface area contributed by atoms with E-state index < -0.39 is 0 Å². The molecular formula is C56H34N2OS. The first-order chi connectivity index (χ1) is 29.8. The van der Waals surface area contributed by atoms with Gasteiger partial charge in [0.15, 0.2) is 0 Å². The van der Waals surface area contributed by atoms with E-state index in [4.69, 9.17) is 4.42 Å². The van der Waals surface area contributed by atoms with Crippen molar-refractivity contribution < 1.29 is 4.42 Å². The molecule has 0 aliphatic heterocycles. The number of anilines is 3. The number of aromatic nitrogens is 1. The molecule has 0 aliphatic carbocycles. The summed E-state index contributed by atoms with van der Waals surface area (Å²) < 4.78 is 12.0. The van der Waals surface area contributed by atoms with Crippen LogP contribution in [0.1, 0.15) is 0 Å². The van der Waals surface area contributed by atoms with Gasteiger partial charge in [-0.3, -0.25) is 0 Å². The van der Waals surface area contributed by atoms with Gasteiger partial charge in [-0.15, -0.1) is 11.3 Å². The van der Waals surface area contributed by atoms with Gasteiger partial charge >= 0.3 is 0 Å². The highest BCUT2D eigenvalue weighted by Gasteiger charge is 2.26. The van der Waals surface area contributed by atoms with E-state index in [0.717, 1.165) is 55.8 Å². The van der Waals surface area contributed by atoms with Crippen molar-refractivity contribution in [2.24, 2.45) is 0 Å². The monoisotopic (exact) mass is 782 g/mol. The van der Waals surface area contributed by atoms with Gasteiger partial charge in [-0.05, 0) is 88.5 Å². The van der Waals surface area contributed by atoms with Crippen molar-refractivity contribution in [1.82, 2.24) is 4.57 Å². The van der Waals surface area contributed by atoms with Crippen LogP contribution < -0.4 is 4.90 Å². The van der Waals surface area contributed by atoms with Gasteiger partial charge in [-0.2, -0.15) is 0 Å². The fraction of sp³-hybridized carbons (Fsp3) is 0. The zero-order valence-electron chi connectivity index (χ0n) is 32.3. The highest BCUT2D eigenvalue weighted by molar-refractivity contribution is 7.26. The normalized spacial score (nSPS) is 12.0. The Kier molecular flexibility index (Phi) is 7.18. The molecule has 10 aromatic carbocycles. The second-order valence-electron chi connectivity index (χ2n) is 15.6. The quantitative estimate of drug-likeness (QED) is 0.162. The molecule has 60 heavy (non-hydrogen) atoms. The van der Waals surface area contributed by atoms with Gasteiger partial charge in [-0.1, -0.05) is 140 Å². The van der Waals surface area contributed by atoms with E-state index in [1.165, 1.54) is 63.5 Å². The predicted octanol–water partition coefficient (Wildman–Crippen LogP) is 16.5. The molecule has 0 saturated carbocycles. The van der Waals surface area contributed by atoms with Crippen LogP contribution in [0.4, 0.5) is 17.1 Å². The maximum Gasteiger partial charge on any atom is 0.145 e. The fourth-order valence-corrected chi connectivity index (χ4v) is 10.9. The van der Waals surface area contributed by atoms with Gasteiger partial charge in [0.1, 0.15) is 11.2 Å². The molecule has 0 unspecified atom stereocenters. The highest BCUT2D eigenvalue weighted by Crippen LogP contribution is 2.51. The first-order valence-corrected chi connectivity index (χ1v) is 21.2. The van der Waals surface area contributed by atoms with Crippen molar-refractivity contribution in [2.75, 3.05) is 4.90 Å². The standard InChI is InChI=1S/C56H34N2OS/c1-2-18-38-36(15-1)34-50(41-20-4-3-19-40(38)41)58(48-27-14-30-53-54(48)45-24-8-12-29-52(45)60-53)49-32-31-39(56-55(49)44-23-7-11-28-51(44)59-56)35-16-13-17-37(33-35)57-46-25-9-5-21-42(46)43-22-6-10-26-47(43)57/h1-34H. The molecule has 3 nitrogen and oxygen atoms in total. The summed E-state index contributed by atoms with van der Waals surface area (Å²) in [5, 5.41) is 12.0. The molecular weight excluding hydrogens is 749 g/mol. The zero-order valence-corrected chi connectivity index (χ0v) is 33.2. The summed E-state index contributed by atoms with van der Waals surface area (Å²) in [6.07, 6.45) is 0. The number of hydrogen-bond donors (Lipinski definition) is 0. The molecule has 3 aromatic heterocycles. The van der Waals surface area contributed by atoms with Crippen molar-refractivity contribution in [1.29, 1.82) is 0 Å². The average molecular weight is 783 g/mol. The maximum atomic E-state index is 7.04.